The Morgan fingerprint density at radius 1 is 1.60 bits per heavy atom. The molecule has 0 spiro atoms. The summed E-state index contributed by atoms with van der Waals surface area (Å²) < 4.78 is 0. The maximum Gasteiger partial charge on any atom is 0.210 e. The fourth-order valence-corrected chi connectivity index (χ4v) is 1.17. The zero-order valence-corrected chi connectivity index (χ0v) is 6.29. The molecule has 10 heavy (non-hydrogen) atoms. The molecule has 1 fully saturated rings. The van der Waals surface area contributed by atoms with E-state index in [0.717, 1.165) is 19.4 Å². The van der Waals surface area contributed by atoms with Crippen LogP contribution in [0.25, 0.3) is 0 Å². The number of nitrogens with zero attached hydrogens (tertiary/aromatic N) is 2. The molecule has 57 valence electrons. The summed E-state index contributed by atoms with van der Waals surface area (Å²) in [4.78, 5) is 11.9. The molecule has 1 atom stereocenters. The molecule has 1 aliphatic heterocycles. The van der Waals surface area contributed by atoms with Crippen molar-refractivity contribution >= 4 is 6.41 Å². The first kappa shape index (κ1) is 7.54. The van der Waals surface area contributed by atoms with Crippen LogP contribution in [0.3, 0.4) is 0 Å². The molecule has 3 nitrogen and oxygen atoms in total. The Morgan fingerprint density at radius 3 is 2.90 bits per heavy atom. The highest BCUT2D eigenvalue weighted by atomic mass is 16.1. The summed E-state index contributed by atoms with van der Waals surface area (Å²) in [5.74, 6) is 0. The van der Waals surface area contributed by atoms with Gasteiger partial charge in [0.1, 0.15) is 0 Å². The molecule has 1 aliphatic rings. The van der Waals surface area contributed by atoms with E-state index in [-0.39, 0.29) is 6.17 Å². The standard InChI is InChI=1S/C7H13N2O/c1-9(6-10)7-4-2-3-5-8-7/h6-7H,2-5H2,1H3. The van der Waals surface area contributed by atoms with E-state index < -0.39 is 0 Å². The summed E-state index contributed by atoms with van der Waals surface area (Å²) in [5.41, 5.74) is 0. The van der Waals surface area contributed by atoms with Crippen LogP contribution in [-0.4, -0.2) is 31.1 Å². The molecule has 0 aromatic heterocycles. The van der Waals surface area contributed by atoms with E-state index >= 15 is 0 Å². The summed E-state index contributed by atoms with van der Waals surface area (Å²) in [7, 11) is 1.78. The van der Waals surface area contributed by atoms with Crippen molar-refractivity contribution in [1.82, 2.24) is 10.2 Å². The predicted octanol–water partition coefficient (Wildman–Crippen LogP) is 0.189. The van der Waals surface area contributed by atoms with Gasteiger partial charge >= 0.3 is 0 Å². The van der Waals surface area contributed by atoms with E-state index in [9.17, 15) is 4.79 Å². The summed E-state index contributed by atoms with van der Waals surface area (Å²) in [6.45, 7) is 0.919. The summed E-state index contributed by atoms with van der Waals surface area (Å²) >= 11 is 0. The van der Waals surface area contributed by atoms with Crippen LogP contribution < -0.4 is 5.32 Å². The molecule has 1 saturated heterocycles. The van der Waals surface area contributed by atoms with Crippen molar-refractivity contribution in [3.05, 3.63) is 0 Å². The van der Waals surface area contributed by atoms with Crippen molar-refractivity contribution < 1.29 is 4.79 Å². The van der Waals surface area contributed by atoms with E-state index in [2.05, 4.69) is 5.32 Å². The third kappa shape index (κ3) is 1.70. The fraction of sp³-hybridized carbons (Fsp3) is 0.857. The van der Waals surface area contributed by atoms with Crippen molar-refractivity contribution in [1.29, 1.82) is 0 Å². The highest BCUT2D eigenvalue weighted by Crippen LogP contribution is 2.09. The van der Waals surface area contributed by atoms with Gasteiger partial charge in [-0.05, 0) is 19.3 Å². The molecule has 0 N–H and O–H groups in total. The van der Waals surface area contributed by atoms with E-state index in [1.165, 1.54) is 12.8 Å². The lowest BCUT2D eigenvalue weighted by Crippen LogP contribution is -2.41. The minimum absolute atomic E-state index is 0.159. The molecular formula is C7H13N2O. The van der Waals surface area contributed by atoms with Gasteiger partial charge in [-0.2, -0.15) is 0 Å². The Bertz CT molecular complexity index is 110. The Labute approximate surface area is 61.4 Å². The van der Waals surface area contributed by atoms with Gasteiger partial charge in [-0.3, -0.25) is 4.79 Å². The molecule has 0 saturated carbocycles. The fourth-order valence-electron chi connectivity index (χ4n) is 1.17. The van der Waals surface area contributed by atoms with Gasteiger partial charge in [-0.25, -0.2) is 5.32 Å². The van der Waals surface area contributed by atoms with Crippen molar-refractivity contribution in [2.75, 3.05) is 13.6 Å². The molecule has 1 radical (unpaired) electrons. The van der Waals surface area contributed by atoms with E-state index in [4.69, 9.17) is 0 Å². The maximum atomic E-state index is 10.3. The second-order valence-corrected chi connectivity index (χ2v) is 2.65. The number of hydrogen-bond acceptors (Lipinski definition) is 1. The van der Waals surface area contributed by atoms with E-state index in [1.54, 1.807) is 11.9 Å². The Hall–Kier alpha value is -0.570. The lowest BCUT2D eigenvalue weighted by Gasteiger charge is -2.27. The monoisotopic (exact) mass is 141 g/mol. The number of rotatable bonds is 2. The van der Waals surface area contributed by atoms with Gasteiger partial charge in [-0.15, -0.1) is 0 Å². The highest BCUT2D eigenvalue weighted by Gasteiger charge is 2.16. The second-order valence-electron chi connectivity index (χ2n) is 2.65. The Morgan fingerprint density at radius 2 is 2.40 bits per heavy atom. The SMILES string of the molecule is CN(C=O)C1CCCC[N]1. The van der Waals surface area contributed by atoms with Gasteiger partial charge in [0.05, 0.1) is 6.17 Å². The molecule has 0 aromatic rings. The molecule has 0 aliphatic carbocycles. The molecule has 1 amide bonds. The van der Waals surface area contributed by atoms with Gasteiger partial charge in [0.15, 0.2) is 0 Å². The first-order valence-corrected chi connectivity index (χ1v) is 3.68. The molecule has 3 heteroatoms. The van der Waals surface area contributed by atoms with Crippen LogP contribution in [0.4, 0.5) is 0 Å². The Balaban J connectivity index is 2.30. The van der Waals surface area contributed by atoms with Gasteiger partial charge in [0.2, 0.25) is 6.41 Å². The molecular weight excluding hydrogens is 128 g/mol. The van der Waals surface area contributed by atoms with E-state index in [0.29, 0.717) is 0 Å². The average Bonchev–Trinajstić information content (AvgIpc) is 2.05. The summed E-state index contributed by atoms with van der Waals surface area (Å²) in [5, 5.41) is 4.29. The largest absolute Gasteiger partial charge is 0.331 e. The van der Waals surface area contributed by atoms with Crippen LogP contribution >= 0.6 is 0 Å². The summed E-state index contributed by atoms with van der Waals surface area (Å²) in [6, 6.07) is 0. The van der Waals surface area contributed by atoms with Crippen LogP contribution in [0, 0.1) is 0 Å². The van der Waals surface area contributed by atoms with Crippen LogP contribution in [0.2, 0.25) is 0 Å². The number of carbonyl (C=O) groups is 1. The number of amides is 1. The number of piperidine rings is 1. The molecule has 1 heterocycles. The third-order valence-electron chi connectivity index (χ3n) is 1.85. The van der Waals surface area contributed by atoms with Crippen molar-refractivity contribution in [3.8, 4) is 0 Å². The minimum Gasteiger partial charge on any atom is -0.331 e. The third-order valence-corrected chi connectivity index (χ3v) is 1.85. The number of carbonyl (C=O) groups excluding carboxylic acids is 1. The summed E-state index contributed by atoms with van der Waals surface area (Å²) in [6.07, 6.45) is 4.43. The zero-order chi connectivity index (χ0) is 7.40. The molecule has 0 aromatic carbocycles. The van der Waals surface area contributed by atoms with Crippen molar-refractivity contribution in [2.24, 2.45) is 0 Å². The average molecular weight is 141 g/mol. The van der Waals surface area contributed by atoms with Gasteiger partial charge in [0, 0.05) is 13.6 Å². The van der Waals surface area contributed by atoms with Crippen LogP contribution in [0.5, 0.6) is 0 Å². The normalized spacial score (nSPS) is 25.9. The molecule has 0 bridgehead atoms. The van der Waals surface area contributed by atoms with E-state index in [1.807, 2.05) is 0 Å². The number of hydrogen-bond donors (Lipinski definition) is 0. The highest BCUT2D eigenvalue weighted by molar-refractivity contribution is 5.46. The van der Waals surface area contributed by atoms with Gasteiger partial charge in [-0.1, -0.05) is 0 Å². The van der Waals surface area contributed by atoms with Crippen LogP contribution in [-0.2, 0) is 4.79 Å². The quantitative estimate of drug-likeness (QED) is 0.505. The lowest BCUT2D eigenvalue weighted by atomic mass is 10.1. The lowest BCUT2D eigenvalue weighted by molar-refractivity contribution is -0.119. The molecule has 1 unspecified atom stereocenters. The zero-order valence-electron chi connectivity index (χ0n) is 6.29. The molecule has 1 rings (SSSR count). The smallest absolute Gasteiger partial charge is 0.210 e. The topological polar surface area (TPSA) is 34.4 Å². The second kappa shape index (κ2) is 3.56. The van der Waals surface area contributed by atoms with Gasteiger partial charge in [0.25, 0.3) is 0 Å². The predicted molar refractivity (Wildman–Crippen MR) is 38.5 cm³/mol. The first-order chi connectivity index (χ1) is 4.84. The van der Waals surface area contributed by atoms with Crippen molar-refractivity contribution in [2.45, 2.75) is 25.4 Å². The Kier molecular flexibility index (Phi) is 2.68. The van der Waals surface area contributed by atoms with Gasteiger partial charge < -0.3 is 4.90 Å². The van der Waals surface area contributed by atoms with Crippen molar-refractivity contribution in [3.63, 3.8) is 0 Å². The van der Waals surface area contributed by atoms with Crippen LogP contribution in [0.1, 0.15) is 19.3 Å². The maximum absolute atomic E-state index is 10.3. The van der Waals surface area contributed by atoms with Crippen LogP contribution in [0.15, 0.2) is 0 Å². The minimum atomic E-state index is 0.159. The first-order valence-electron chi connectivity index (χ1n) is 3.68.